The number of anilines is 1. The summed E-state index contributed by atoms with van der Waals surface area (Å²) in [6, 6.07) is 9.07. The first-order valence-electron chi connectivity index (χ1n) is 4.41. The van der Waals surface area contributed by atoms with Crippen LogP contribution in [0.15, 0.2) is 30.3 Å². The van der Waals surface area contributed by atoms with Crippen LogP contribution in [0, 0.1) is 0 Å². The number of hydrogen-bond donors (Lipinski definition) is 0. The van der Waals surface area contributed by atoms with Crippen LogP contribution in [0.1, 0.15) is 0 Å². The molecule has 0 atom stereocenters. The van der Waals surface area contributed by atoms with E-state index in [1.807, 2.05) is 18.2 Å². The first kappa shape index (κ1) is 9.48. The van der Waals surface area contributed by atoms with Crippen LogP contribution in [0.3, 0.4) is 0 Å². The minimum absolute atomic E-state index is 0.638. The highest BCUT2D eigenvalue weighted by molar-refractivity contribution is 7.90. The van der Waals surface area contributed by atoms with Crippen LogP contribution in [0.2, 0.25) is 0 Å². The lowest BCUT2D eigenvalue weighted by molar-refractivity contribution is 0.561. The van der Waals surface area contributed by atoms with Crippen molar-refractivity contribution in [2.45, 2.75) is 0 Å². The lowest BCUT2D eigenvalue weighted by Gasteiger charge is -2.19. The van der Waals surface area contributed by atoms with Crippen molar-refractivity contribution in [3.05, 3.63) is 30.3 Å². The molecule has 0 bridgehead atoms. The summed E-state index contributed by atoms with van der Waals surface area (Å²) >= 11 is 0. The van der Waals surface area contributed by atoms with Gasteiger partial charge in [-0.25, -0.2) is 0 Å². The van der Waals surface area contributed by atoms with Crippen molar-refractivity contribution in [3.63, 3.8) is 0 Å². The van der Waals surface area contributed by atoms with Crippen molar-refractivity contribution in [1.29, 1.82) is 0 Å². The molecule has 0 N–H and O–H groups in total. The molecule has 4 nitrogen and oxygen atoms in total. The highest BCUT2D eigenvalue weighted by Crippen LogP contribution is 2.21. The van der Waals surface area contributed by atoms with E-state index in [2.05, 4.69) is 0 Å². The van der Waals surface area contributed by atoms with E-state index in [9.17, 15) is 8.42 Å². The highest BCUT2D eigenvalue weighted by Gasteiger charge is 2.35. The Labute approximate surface area is 83.9 Å². The third-order valence-corrected chi connectivity index (χ3v) is 4.12. The van der Waals surface area contributed by atoms with Crippen LogP contribution in [0.25, 0.3) is 0 Å². The van der Waals surface area contributed by atoms with Crippen LogP contribution >= 0.6 is 0 Å². The first-order chi connectivity index (χ1) is 6.62. The smallest absolute Gasteiger partial charge is 0.261 e. The second kappa shape index (κ2) is 3.25. The molecule has 0 unspecified atom stereocenters. The predicted molar refractivity (Wildman–Crippen MR) is 55.3 cm³/mol. The Balaban J connectivity index is 2.28. The molecule has 1 fully saturated rings. The predicted octanol–water partition coefficient (Wildman–Crippen LogP) is 0.683. The Bertz CT molecular complexity index is 412. The molecule has 0 aromatic heterocycles. The zero-order valence-electron chi connectivity index (χ0n) is 7.92. The van der Waals surface area contributed by atoms with E-state index < -0.39 is 10.2 Å². The average Bonchev–Trinajstić information content (AvgIpc) is 3.01. The van der Waals surface area contributed by atoms with E-state index >= 15 is 0 Å². The van der Waals surface area contributed by atoms with E-state index in [1.54, 1.807) is 19.2 Å². The molecule has 0 radical (unpaired) electrons. The highest BCUT2D eigenvalue weighted by atomic mass is 32.2. The van der Waals surface area contributed by atoms with Crippen LogP contribution in [0.4, 0.5) is 5.69 Å². The number of hydrogen-bond acceptors (Lipinski definition) is 2. The fourth-order valence-corrected chi connectivity index (χ4v) is 2.49. The molecule has 1 aromatic rings. The molecule has 14 heavy (non-hydrogen) atoms. The van der Waals surface area contributed by atoms with Gasteiger partial charge in [0.05, 0.1) is 5.69 Å². The molecule has 5 heteroatoms. The van der Waals surface area contributed by atoms with E-state index in [0.29, 0.717) is 18.8 Å². The number of rotatable bonds is 3. The average molecular weight is 212 g/mol. The summed E-state index contributed by atoms with van der Waals surface area (Å²) in [5, 5.41) is 0. The molecular weight excluding hydrogens is 200 g/mol. The number of nitrogens with zero attached hydrogens (tertiary/aromatic N) is 2. The van der Waals surface area contributed by atoms with Gasteiger partial charge >= 0.3 is 10.2 Å². The van der Waals surface area contributed by atoms with Crippen molar-refractivity contribution >= 4 is 15.9 Å². The number of benzene rings is 1. The van der Waals surface area contributed by atoms with Gasteiger partial charge in [0.15, 0.2) is 0 Å². The zero-order valence-corrected chi connectivity index (χ0v) is 8.74. The van der Waals surface area contributed by atoms with E-state index in [0.717, 1.165) is 0 Å². The van der Waals surface area contributed by atoms with Gasteiger partial charge in [-0.1, -0.05) is 18.2 Å². The van der Waals surface area contributed by atoms with Gasteiger partial charge < -0.3 is 0 Å². The minimum Gasteiger partial charge on any atom is -0.261 e. The first-order valence-corrected chi connectivity index (χ1v) is 5.81. The van der Waals surface area contributed by atoms with Crippen molar-refractivity contribution in [2.75, 3.05) is 24.4 Å². The van der Waals surface area contributed by atoms with Gasteiger partial charge in [0.25, 0.3) is 0 Å². The quantitative estimate of drug-likeness (QED) is 0.691. The van der Waals surface area contributed by atoms with Crippen molar-refractivity contribution < 1.29 is 8.42 Å². The lowest BCUT2D eigenvalue weighted by atomic mass is 10.3. The molecule has 0 aliphatic carbocycles. The van der Waals surface area contributed by atoms with Crippen LogP contribution in [-0.2, 0) is 10.2 Å². The summed E-state index contributed by atoms with van der Waals surface area (Å²) in [6.45, 7) is 1.28. The van der Waals surface area contributed by atoms with E-state index in [-0.39, 0.29) is 0 Å². The Hall–Kier alpha value is -1.07. The maximum absolute atomic E-state index is 11.7. The largest absolute Gasteiger partial charge is 0.303 e. The molecular formula is C9H12N2O2S. The van der Waals surface area contributed by atoms with Crippen LogP contribution < -0.4 is 4.31 Å². The second-order valence-electron chi connectivity index (χ2n) is 3.21. The lowest BCUT2D eigenvalue weighted by Crippen LogP contribution is -2.32. The maximum Gasteiger partial charge on any atom is 0.303 e. The molecule has 1 aromatic carbocycles. The van der Waals surface area contributed by atoms with Crippen LogP contribution in [0.5, 0.6) is 0 Å². The van der Waals surface area contributed by atoms with E-state index in [4.69, 9.17) is 0 Å². The summed E-state index contributed by atoms with van der Waals surface area (Å²) < 4.78 is 26.2. The summed E-state index contributed by atoms with van der Waals surface area (Å²) in [5.74, 6) is 0. The van der Waals surface area contributed by atoms with Gasteiger partial charge in [-0.05, 0) is 12.1 Å². The summed E-state index contributed by atoms with van der Waals surface area (Å²) in [6.07, 6.45) is 0. The van der Waals surface area contributed by atoms with Gasteiger partial charge in [0.1, 0.15) is 0 Å². The summed E-state index contributed by atoms with van der Waals surface area (Å²) in [7, 11) is -1.68. The molecule has 76 valence electrons. The maximum atomic E-state index is 11.7. The van der Waals surface area contributed by atoms with Crippen LogP contribution in [-0.4, -0.2) is 32.9 Å². The molecule has 1 heterocycles. The fourth-order valence-electron chi connectivity index (χ4n) is 1.22. The van der Waals surface area contributed by atoms with Gasteiger partial charge in [-0.2, -0.15) is 12.7 Å². The number of para-hydroxylation sites is 1. The van der Waals surface area contributed by atoms with E-state index in [1.165, 1.54) is 8.61 Å². The monoisotopic (exact) mass is 212 g/mol. The van der Waals surface area contributed by atoms with Gasteiger partial charge in [0, 0.05) is 20.1 Å². The molecule has 1 saturated heterocycles. The second-order valence-corrected chi connectivity index (χ2v) is 5.17. The third kappa shape index (κ3) is 1.60. The van der Waals surface area contributed by atoms with Crippen molar-refractivity contribution in [1.82, 2.24) is 4.31 Å². The summed E-state index contributed by atoms with van der Waals surface area (Å²) in [4.78, 5) is 0. The minimum atomic E-state index is -3.25. The molecule has 1 aliphatic rings. The van der Waals surface area contributed by atoms with Gasteiger partial charge in [0.2, 0.25) is 0 Å². The van der Waals surface area contributed by atoms with Gasteiger partial charge in [-0.15, -0.1) is 0 Å². The SMILES string of the molecule is CN(c1ccccc1)S(=O)(=O)N1CC1. The topological polar surface area (TPSA) is 40.4 Å². The van der Waals surface area contributed by atoms with Crippen molar-refractivity contribution in [3.8, 4) is 0 Å². The Morgan fingerprint density at radius 1 is 1.21 bits per heavy atom. The zero-order chi connectivity index (χ0) is 10.2. The Morgan fingerprint density at radius 3 is 2.29 bits per heavy atom. The third-order valence-electron chi connectivity index (χ3n) is 2.20. The fraction of sp³-hybridized carbons (Fsp3) is 0.333. The Morgan fingerprint density at radius 2 is 1.79 bits per heavy atom. The molecule has 0 spiro atoms. The molecule has 1 aliphatic heterocycles. The molecule has 0 amide bonds. The molecule has 0 saturated carbocycles. The Kier molecular flexibility index (Phi) is 2.20. The standard InChI is InChI=1S/C9H12N2O2S/c1-10(9-5-3-2-4-6-9)14(12,13)11-7-8-11/h2-6H,7-8H2,1H3. The summed E-state index contributed by atoms with van der Waals surface area (Å²) in [5.41, 5.74) is 0.694. The van der Waals surface area contributed by atoms with Gasteiger partial charge in [-0.3, -0.25) is 4.31 Å². The normalized spacial score (nSPS) is 16.6. The molecule has 2 rings (SSSR count). The van der Waals surface area contributed by atoms with Crippen molar-refractivity contribution in [2.24, 2.45) is 0 Å².